The average molecular weight is 304 g/mol. The van der Waals surface area contributed by atoms with Crippen molar-refractivity contribution in [1.29, 1.82) is 0 Å². The molecule has 0 saturated carbocycles. The lowest BCUT2D eigenvalue weighted by atomic mass is 10.1. The van der Waals surface area contributed by atoms with Crippen molar-refractivity contribution in [3.05, 3.63) is 55.6 Å². The van der Waals surface area contributed by atoms with Gasteiger partial charge in [-0.05, 0) is 28.1 Å². The van der Waals surface area contributed by atoms with E-state index in [1.54, 1.807) is 12.1 Å². The van der Waals surface area contributed by atoms with Crippen LogP contribution >= 0.6 is 34.8 Å². The van der Waals surface area contributed by atoms with Crippen molar-refractivity contribution >= 4 is 40.6 Å². The summed E-state index contributed by atoms with van der Waals surface area (Å²) in [6.07, 6.45) is 1.35. The predicted octanol–water partition coefficient (Wildman–Crippen LogP) is 4.62. The van der Waals surface area contributed by atoms with Gasteiger partial charge < -0.3 is 10.1 Å². The third-order valence-electron chi connectivity index (χ3n) is 2.23. The lowest BCUT2D eigenvalue weighted by molar-refractivity contribution is -0.389. The minimum absolute atomic E-state index is 0.236. The molecule has 0 atom stereocenters. The van der Waals surface area contributed by atoms with Crippen LogP contribution in [-0.4, -0.2) is 9.91 Å². The molecule has 0 spiro atoms. The minimum atomic E-state index is -0.575. The first-order chi connectivity index (χ1) is 8.49. The Hall–Kier alpha value is -1.36. The fraction of sp³-hybridized carbons (Fsp3) is 0. The largest absolute Gasteiger partial charge is 0.363 e. The molecule has 1 heterocycles. The Morgan fingerprint density at radius 3 is 2.17 bits per heavy atom. The summed E-state index contributed by atoms with van der Waals surface area (Å²) in [4.78, 5) is 13.6. The molecular formula is C11H5Cl3N2O2. The van der Waals surface area contributed by atoms with Crippen LogP contribution in [0.15, 0.2) is 30.5 Å². The van der Waals surface area contributed by atoms with E-state index in [0.717, 1.165) is 0 Å². The summed E-state index contributed by atoms with van der Waals surface area (Å²) < 4.78 is 0. The van der Waals surface area contributed by atoms with Gasteiger partial charge in [0.2, 0.25) is 0 Å². The summed E-state index contributed by atoms with van der Waals surface area (Å²) in [7, 11) is 0. The Kier molecular flexibility index (Phi) is 3.71. The Morgan fingerprint density at radius 2 is 1.72 bits per heavy atom. The van der Waals surface area contributed by atoms with Crippen LogP contribution in [0, 0.1) is 10.1 Å². The fourth-order valence-electron chi connectivity index (χ4n) is 1.46. The van der Waals surface area contributed by atoms with Gasteiger partial charge in [0.05, 0.1) is 10.0 Å². The number of rotatable bonds is 2. The summed E-state index contributed by atoms with van der Waals surface area (Å²) in [5, 5.41) is 11.6. The summed E-state index contributed by atoms with van der Waals surface area (Å²) in [5.74, 6) is -0.236. The van der Waals surface area contributed by atoms with E-state index in [4.69, 9.17) is 34.8 Å². The van der Waals surface area contributed by atoms with E-state index in [1.165, 1.54) is 18.3 Å². The van der Waals surface area contributed by atoms with Crippen LogP contribution in [0.4, 0.5) is 5.82 Å². The molecular weight excluding hydrogens is 298 g/mol. The molecule has 7 heteroatoms. The van der Waals surface area contributed by atoms with Gasteiger partial charge in [0, 0.05) is 22.2 Å². The number of hydrogen-bond donors (Lipinski definition) is 0. The van der Waals surface area contributed by atoms with Crippen LogP contribution in [0.25, 0.3) is 11.1 Å². The van der Waals surface area contributed by atoms with Crippen molar-refractivity contribution in [2.45, 2.75) is 0 Å². The summed E-state index contributed by atoms with van der Waals surface area (Å²) in [6, 6.07) is 5.92. The molecule has 0 bridgehead atoms. The van der Waals surface area contributed by atoms with Crippen LogP contribution in [-0.2, 0) is 0 Å². The zero-order valence-corrected chi connectivity index (χ0v) is 11.0. The van der Waals surface area contributed by atoms with Crippen molar-refractivity contribution in [2.24, 2.45) is 0 Å². The lowest BCUT2D eigenvalue weighted by Gasteiger charge is -2.06. The third kappa shape index (κ3) is 2.56. The second kappa shape index (κ2) is 5.10. The van der Waals surface area contributed by atoms with Crippen LogP contribution in [0.3, 0.4) is 0 Å². The molecule has 0 N–H and O–H groups in total. The first-order valence-corrected chi connectivity index (χ1v) is 5.88. The summed E-state index contributed by atoms with van der Waals surface area (Å²) in [5.41, 5.74) is 1.14. The first-order valence-electron chi connectivity index (χ1n) is 4.74. The van der Waals surface area contributed by atoms with Crippen LogP contribution in [0.2, 0.25) is 15.1 Å². The second-order valence-electron chi connectivity index (χ2n) is 3.41. The van der Waals surface area contributed by atoms with Crippen LogP contribution in [0.5, 0.6) is 0 Å². The van der Waals surface area contributed by atoms with Crippen LogP contribution in [0.1, 0.15) is 0 Å². The van der Waals surface area contributed by atoms with Gasteiger partial charge in [-0.15, -0.1) is 0 Å². The van der Waals surface area contributed by atoms with Gasteiger partial charge in [-0.1, -0.05) is 34.8 Å². The number of benzene rings is 1. The maximum Gasteiger partial charge on any atom is 0.363 e. The first kappa shape index (κ1) is 13.1. The number of aromatic nitrogens is 1. The molecule has 1 aromatic carbocycles. The van der Waals surface area contributed by atoms with Gasteiger partial charge >= 0.3 is 5.82 Å². The molecule has 2 rings (SSSR count). The molecule has 2 aromatic rings. The molecule has 0 aliphatic heterocycles. The SMILES string of the molecule is O=[N+]([O-])c1ccc(-c2c(Cl)cc(Cl)cc2Cl)cn1. The number of pyridine rings is 1. The van der Waals surface area contributed by atoms with E-state index in [9.17, 15) is 10.1 Å². The highest BCUT2D eigenvalue weighted by Gasteiger charge is 2.13. The normalized spacial score (nSPS) is 10.4. The molecule has 0 aliphatic rings. The van der Waals surface area contributed by atoms with E-state index in [2.05, 4.69) is 4.98 Å². The quantitative estimate of drug-likeness (QED) is 0.601. The summed E-state index contributed by atoms with van der Waals surface area (Å²) in [6.45, 7) is 0. The number of nitro groups is 1. The molecule has 4 nitrogen and oxygen atoms in total. The smallest absolute Gasteiger partial charge is 0.358 e. The highest BCUT2D eigenvalue weighted by atomic mass is 35.5. The molecule has 92 valence electrons. The Morgan fingerprint density at radius 1 is 1.11 bits per heavy atom. The van der Waals surface area contributed by atoms with Gasteiger partial charge in [0.1, 0.15) is 6.20 Å². The Bertz CT molecular complexity index is 591. The van der Waals surface area contributed by atoms with Crippen molar-refractivity contribution < 1.29 is 4.92 Å². The standard InChI is InChI=1S/C11H5Cl3N2O2/c12-7-3-8(13)11(9(14)4-7)6-1-2-10(15-5-6)16(17)18/h1-5H. The second-order valence-corrected chi connectivity index (χ2v) is 4.66. The van der Waals surface area contributed by atoms with Crippen molar-refractivity contribution in [3.8, 4) is 11.1 Å². The van der Waals surface area contributed by atoms with Gasteiger partial charge in [-0.25, -0.2) is 0 Å². The highest BCUT2D eigenvalue weighted by molar-refractivity contribution is 6.41. The van der Waals surface area contributed by atoms with Gasteiger partial charge in [-0.3, -0.25) is 0 Å². The zero-order chi connectivity index (χ0) is 13.3. The lowest BCUT2D eigenvalue weighted by Crippen LogP contribution is -1.92. The molecule has 0 radical (unpaired) electrons. The Labute approximate surface area is 117 Å². The molecule has 0 aliphatic carbocycles. The van der Waals surface area contributed by atoms with E-state index < -0.39 is 4.92 Å². The van der Waals surface area contributed by atoms with Crippen molar-refractivity contribution in [1.82, 2.24) is 4.98 Å². The molecule has 0 saturated heterocycles. The maximum atomic E-state index is 10.5. The van der Waals surface area contributed by atoms with E-state index >= 15 is 0 Å². The highest BCUT2D eigenvalue weighted by Crippen LogP contribution is 2.37. The molecule has 0 fully saturated rings. The number of nitrogens with zero attached hydrogens (tertiary/aromatic N) is 2. The van der Waals surface area contributed by atoms with Crippen molar-refractivity contribution in [3.63, 3.8) is 0 Å². The molecule has 0 amide bonds. The Balaban J connectivity index is 2.52. The monoisotopic (exact) mass is 302 g/mol. The third-order valence-corrected chi connectivity index (χ3v) is 3.04. The number of halogens is 3. The topological polar surface area (TPSA) is 56.0 Å². The maximum absolute atomic E-state index is 10.5. The van der Waals surface area contributed by atoms with E-state index in [-0.39, 0.29) is 5.82 Å². The minimum Gasteiger partial charge on any atom is -0.358 e. The molecule has 18 heavy (non-hydrogen) atoms. The average Bonchev–Trinajstić information content (AvgIpc) is 2.28. The van der Waals surface area contributed by atoms with Crippen LogP contribution < -0.4 is 0 Å². The molecule has 0 unspecified atom stereocenters. The zero-order valence-electron chi connectivity index (χ0n) is 8.73. The predicted molar refractivity (Wildman–Crippen MR) is 71.4 cm³/mol. The number of hydrogen-bond acceptors (Lipinski definition) is 3. The molecule has 1 aromatic heterocycles. The van der Waals surface area contributed by atoms with Gasteiger partial charge in [0.25, 0.3) is 0 Å². The summed E-state index contributed by atoms with van der Waals surface area (Å²) >= 11 is 17.9. The van der Waals surface area contributed by atoms with Gasteiger partial charge in [-0.2, -0.15) is 0 Å². The van der Waals surface area contributed by atoms with Gasteiger partial charge in [0.15, 0.2) is 0 Å². The fourth-order valence-corrected chi connectivity index (χ4v) is 2.50. The van der Waals surface area contributed by atoms with E-state index in [0.29, 0.717) is 26.2 Å². The van der Waals surface area contributed by atoms with E-state index in [1.807, 2.05) is 0 Å². The van der Waals surface area contributed by atoms with Crippen molar-refractivity contribution in [2.75, 3.05) is 0 Å².